The molecule has 0 heterocycles. The molecule has 1 amide bonds. The number of nitrogens with one attached hydrogen (secondary N) is 1. The summed E-state index contributed by atoms with van der Waals surface area (Å²) < 4.78 is 119. The first kappa shape index (κ1) is 35.1. The van der Waals surface area contributed by atoms with Crippen molar-refractivity contribution in [3.05, 3.63) is 59.2 Å². The average Bonchev–Trinajstić information content (AvgIpc) is 3.29. The zero-order chi connectivity index (χ0) is 32.1. The van der Waals surface area contributed by atoms with Crippen molar-refractivity contribution in [1.82, 2.24) is 5.32 Å². The van der Waals surface area contributed by atoms with Gasteiger partial charge in [0.1, 0.15) is 0 Å². The van der Waals surface area contributed by atoms with E-state index in [-0.39, 0.29) is 13.2 Å². The fraction of sp³-hybridized carbons (Fsp3) is 0.567. The van der Waals surface area contributed by atoms with E-state index in [9.17, 15) is 40.1 Å². The van der Waals surface area contributed by atoms with Gasteiger partial charge in [0.15, 0.2) is 0 Å². The van der Waals surface area contributed by atoms with Crippen LogP contribution in [0.1, 0.15) is 87.6 Å². The van der Waals surface area contributed by atoms with Crippen LogP contribution in [0, 0.1) is 0 Å². The number of benzene rings is 2. The molecule has 2 atom stereocenters. The van der Waals surface area contributed by atoms with Crippen molar-refractivity contribution in [1.29, 1.82) is 0 Å². The first-order valence-electron chi connectivity index (χ1n) is 14.4. The molecule has 2 aromatic carbocycles. The van der Waals surface area contributed by atoms with Crippen LogP contribution in [-0.2, 0) is 18.4 Å². The molecule has 13 heteroatoms. The van der Waals surface area contributed by atoms with E-state index in [0.29, 0.717) is 53.5 Å². The van der Waals surface area contributed by atoms with Gasteiger partial charge in [-0.15, -0.1) is 0 Å². The summed E-state index contributed by atoms with van der Waals surface area (Å²) in [4.78, 5) is 13.3. The van der Waals surface area contributed by atoms with Crippen molar-refractivity contribution < 1.29 is 49.1 Å². The van der Waals surface area contributed by atoms with E-state index in [1.165, 1.54) is 0 Å². The second kappa shape index (κ2) is 14.1. The summed E-state index contributed by atoms with van der Waals surface area (Å²) in [7, 11) is -3.77. The molecule has 0 spiro atoms. The highest BCUT2D eigenvalue weighted by Crippen LogP contribution is 2.65. The largest absolute Gasteiger partial charge is 0.459 e. The van der Waals surface area contributed by atoms with Crippen LogP contribution in [0.2, 0.25) is 0 Å². The Balaban J connectivity index is 2.06. The Hall–Kier alpha value is -2.43. The number of alkyl halides is 7. The van der Waals surface area contributed by atoms with Crippen molar-refractivity contribution >= 4 is 13.5 Å². The maximum Gasteiger partial charge on any atom is 0.459 e. The van der Waals surface area contributed by atoms with Gasteiger partial charge in [0.25, 0.3) is 0 Å². The van der Waals surface area contributed by atoms with Crippen molar-refractivity contribution in [2.45, 2.75) is 88.9 Å². The predicted octanol–water partition coefficient (Wildman–Crippen LogP) is 9.42. The number of amides is 1. The van der Waals surface area contributed by atoms with E-state index in [1.54, 1.807) is 47.8 Å². The number of rotatable bonds is 16. The Morgan fingerprint density at radius 3 is 2.00 bits per heavy atom. The minimum absolute atomic E-state index is 0.202. The molecule has 5 nitrogen and oxygen atoms in total. The zero-order valence-corrected chi connectivity index (χ0v) is 25.2. The monoisotopic (exact) mass is 639 g/mol. The van der Waals surface area contributed by atoms with Crippen LogP contribution in [0.5, 0.6) is 0 Å². The number of fused-ring (bicyclic) bond motifs is 3. The summed E-state index contributed by atoms with van der Waals surface area (Å²) in [6.45, 7) is 4.00. The molecule has 0 aliphatic heterocycles. The first-order chi connectivity index (χ1) is 20.2. The van der Waals surface area contributed by atoms with Gasteiger partial charge in [0, 0.05) is 0 Å². The SMILES string of the molecule is CCCCOP(=O)(OCCCC)C(CCC)c1cccc2c1-c1ccccc1C2C(=O)NCC(F)(F)C(F)(F)C(F)(F)F. The summed E-state index contributed by atoms with van der Waals surface area (Å²) in [5, 5.41) is 1.62. The van der Waals surface area contributed by atoms with E-state index in [4.69, 9.17) is 9.05 Å². The van der Waals surface area contributed by atoms with Gasteiger partial charge in [0.05, 0.1) is 31.3 Å². The Labute approximate surface area is 247 Å². The molecule has 3 rings (SSSR count). The summed E-state index contributed by atoms with van der Waals surface area (Å²) in [5.41, 5.74) is 1.49. The lowest BCUT2D eigenvalue weighted by molar-refractivity contribution is -0.352. The standard InChI is InChI=1S/C30H37F7NO4P/c1-4-7-17-41-43(40,42-18-8-5-2)24(12-6-3)22-15-11-16-23-25(22)20-13-9-10-14-21(20)26(23)27(39)38-19-28(31,32)29(33,34)30(35,36)37/h9-11,13-16,24,26H,4-8,12,17-19H2,1-3H3,(H,38,39). The van der Waals surface area contributed by atoms with Crippen LogP contribution in [-0.4, -0.2) is 43.7 Å². The number of hydrogen-bond donors (Lipinski definition) is 1. The second-order valence-electron chi connectivity index (χ2n) is 10.5. The lowest BCUT2D eigenvalue weighted by Gasteiger charge is -2.29. The number of unbranched alkanes of at least 4 members (excludes halogenated alkanes) is 2. The highest BCUT2D eigenvalue weighted by Gasteiger charge is 2.72. The molecule has 1 N–H and O–H groups in total. The van der Waals surface area contributed by atoms with Crippen molar-refractivity contribution in [2.75, 3.05) is 19.8 Å². The molecule has 0 saturated heterocycles. The van der Waals surface area contributed by atoms with E-state index >= 15 is 0 Å². The minimum Gasteiger partial charge on any atom is -0.349 e. The van der Waals surface area contributed by atoms with Gasteiger partial charge >= 0.3 is 25.6 Å². The topological polar surface area (TPSA) is 64.6 Å². The number of carbonyl (C=O) groups is 1. The van der Waals surface area contributed by atoms with Crippen molar-refractivity contribution in [2.24, 2.45) is 0 Å². The van der Waals surface area contributed by atoms with Crippen LogP contribution in [0.3, 0.4) is 0 Å². The van der Waals surface area contributed by atoms with Crippen molar-refractivity contribution in [3.8, 4) is 11.1 Å². The molecule has 240 valence electrons. The molecule has 0 bridgehead atoms. The summed E-state index contributed by atoms with van der Waals surface area (Å²) in [6, 6.07) is 11.4. The van der Waals surface area contributed by atoms with E-state index < -0.39 is 49.6 Å². The van der Waals surface area contributed by atoms with Gasteiger partial charge in [-0.25, -0.2) is 0 Å². The Bertz CT molecular complexity index is 1290. The van der Waals surface area contributed by atoms with Crippen LogP contribution in [0.15, 0.2) is 42.5 Å². The molecule has 1 aliphatic rings. The Kier molecular flexibility index (Phi) is 11.5. The van der Waals surface area contributed by atoms with Gasteiger partial charge in [-0.3, -0.25) is 9.36 Å². The number of carbonyl (C=O) groups excluding carboxylic acids is 1. The molecule has 0 radical (unpaired) electrons. The maximum absolute atomic E-state index is 14.4. The molecule has 2 aromatic rings. The van der Waals surface area contributed by atoms with Gasteiger partial charge in [-0.2, -0.15) is 30.7 Å². The van der Waals surface area contributed by atoms with Crippen LogP contribution in [0.4, 0.5) is 30.7 Å². The quantitative estimate of drug-likeness (QED) is 0.113. The van der Waals surface area contributed by atoms with Gasteiger partial charge < -0.3 is 14.4 Å². The first-order valence-corrected chi connectivity index (χ1v) is 16.0. The van der Waals surface area contributed by atoms with Crippen LogP contribution in [0.25, 0.3) is 11.1 Å². The van der Waals surface area contributed by atoms with Crippen LogP contribution >= 0.6 is 7.60 Å². The Morgan fingerprint density at radius 1 is 0.860 bits per heavy atom. The summed E-state index contributed by atoms with van der Waals surface area (Å²) >= 11 is 0. The highest BCUT2D eigenvalue weighted by molar-refractivity contribution is 7.54. The lowest BCUT2D eigenvalue weighted by atomic mass is 9.93. The minimum atomic E-state index is -6.51. The third-order valence-electron chi connectivity index (χ3n) is 7.38. The second-order valence-corrected chi connectivity index (χ2v) is 12.8. The lowest BCUT2D eigenvalue weighted by Crippen LogP contribution is -2.57. The average molecular weight is 640 g/mol. The number of halogens is 7. The molecule has 0 saturated carbocycles. The van der Waals surface area contributed by atoms with Gasteiger partial charge in [0.2, 0.25) is 5.91 Å². The fourth-order valence-corrected chi connectivity index (χ4v) is 7.44. The molecular weight excluding hydrogens is 602 g/mol. The normalized spacial score (nSPS) is 16.1. The highest BCUT2D eigenvalue weighted by atomic mass is 31.2. The third-order valence-corrected chi connectivity index (χ3v) is 9.77. The molecule has 2 unspecified atom stereocenters. The summed E-state index contributed by atoms with van der Waals surface area (Å²) in [5.74, 6) is -14.4. The third kappa shape index (κ3) is 7.28. The molecular formula is C30H37F7NO4P. The van der Waals surface area contributed by atoms with Gasteiger partial charge in [-0.05, 0) is 47.1 Å². The molecule has 0 aromatic heterocycles. The summed E-state index contributed by atoms with van der Waals surface area (Å²) in [6.07, 6.45) is -2.63. The Morgan fingerprint density at radius 2 is 1.44 bits per heavy atom. The van der Waals surface area contributed by atoms with Crippen molar-refractivity contribution in [3.63, 3.8) is 0 Å². The zero-order valence-electron chi connectivity index (χ0n) is 24.3. The van der Waals surface area contributed by atoms with E-state index in [0.717, 1.165) is 12.8 Å². The number of hydrogen-bond acceptors (Lipinski definition) is 4. The predicted molar refractivity (Wildman–Crippen MR) is 150 cm³/mol. The fourth-order valence-electron chi connectivity index (χ4n) is 5.11. The molecule has 43 heavy (non-hydrogen) atoms. The van der Waals surface area contributed by atoms with E-state index in [1.807, 2.05) is 20.8 Å². The molecule has 1 aliphatic carbocycles. The van der Waals surface area contributed by atoms with Gasteiger partial charge in [-0.1, -0.05) is 82.5 Å². The van der Waals surface area contributed by atoms with Crippen LogP contribution < -0.4 is 5.32 Å². The maximum atomic E-state index is 14.4. The van der Waals surface area contributed by atoms with E-state index in [2.05, 4.69) is 0 Å². The molecule has 0 fully saturated rings. The smallest absolute Gasteiger partial charge is 0.349 e.